The van der Waals surface area contributed by atoms with Gasteiger partial charge < -0.3 is 16.4 Å². The summed E-state index contributed by atoms with van der Waals surface area (Å²) in [5, 5.41) is 5.87. The van der Waals surface area contributed by atoms with Crippen LogP contribution in [-0.2, 0) is 16.1 Å². The molecule has 1 aromatic rings. The monoisotopic (exact) mass is 417 g/mol. The summed E-state index contributed by atoms with van der Waals surface area (Å²) in [6.07, 6.45) is 8.30. The highest BCUT2D eigenvalue weighted by atomic mass is 16.2. The van der Waals surface area contributed by atoms with Gasteiger partial charge in [-0.2, -0.15) is 0 Å². The van der Waals surface area contributed by atoms with Crippen molar-refractivity contribution < 1.29 is 9.59 Å². The molecule has 2 amide bonds. The van der Waals surface area contributed by atoms with E-state index < -0.39 is 11.5 Å². The lowest BCUT2D eigenvalue weighted by Gasteiger charge is -2.45. The van der Waals surface area contributed by atoms with E-state index in [4.69, 9.17) is 5.73 Å². The molecule has 0 aromatic carbocycles. The van der Waals surface area contributed by atoms with Crippen molar-refractivity contribution in [3.05, 3.63) is 23.9 Å². The molecule has 1 aliphatic rings. The van der Waals surface area contributed by atoms with Crippen LogP contribution in [0.1, 0.15) is 64.9 Å². The Morgan fingerprint density at radius 1 is 1.27 bits per heavy atom. The van der Waals surface area contributed by atoms with Gasteiger partial charge in [0.25, 0.3) is 0 Å². The van der Waals surface area contributed by atoms with E-state index in [1.165, 1.54) is 19.3 Å². The second kappa shape index (κ2) is 10.8. The predicted octanol–water partition coefficient (Wildman–Crippen LogP) is 2.71. The Kier molecular flexibility index (Phi) is 8.65. The number of amides is 2. The third-order valence-electron chi connectivity index (χ3n) is 6.80. The summed E-state index contributed by atoms with van der Waals surface area (Å²) in [6, 6.07) is 3.70. The number of rotatable bonds is 9. The molecule has 0 spiro atoms. The molecule has 1 aliphatic carbocycles. The molecule has 1 heterocycles. The Bertz CT molecular complexity index is 700. The lowest BCUT2D eigenvalue weighted by molar-refractivity contribution is -0.145. The maximum absolute atomic E-state index is 13.5. The average Bonchev–Trinajstić information content (AvgIpc) is 2.75. The highest BCUT2D eigenvalue weighted by molar-refractivity contribution is 5.93. The molecule has 0 aliphatic heterocycles. The normalized spacial score (nSPS) is 18.1. The zero-order valence-electron chi connectivity index (χ0n) is 19.2. The number of likely N-dealkylation sites (N-methyl/N-ethyl adjacent to an activating group) is 2. The van der Waals surface area contributed by atoms with Gasteiger partial charge in [0.15, 0.2) is 0 Å². The van der Waals surface area contributed by atoms with E-state index >= 15 is 0 Å². The zero-order chi connectivity index (χ0) is 22.3. The van der Waals surface area contributed by atoms with Gasteiger partial charge in [0, 0.05) is 25.8 Å². The fraction of sp³-hybridized carbons (Fsp3) is 0.696. The van der Waals surface area contributed by atoms with E-state index in [1.807, 2.05) is 24.9 Å². The number of anilines is 1. The fourth-order valence-electron chi connectivity index (χ4n) is 4.55. The molecule has 30 heavy (non-hydrogen) atoms. The van der Waals surface area contributed by atoms with E-state index in [0.717, 1.165) is 18.4 Å². The van der Waals surface area contributed by atoms with Crippen molar-refractivity contribution in [3.63, 3.8) is 0 Å². The molecule has 168 valence electrons. The smallest absolute Gasteiger partial charge is 0.240 e. The summed E-state index contributed by atoms with van der Waals surface area (Å²) in [4.78, 5) is 32.7. The molecule has 2 rings (SSSR count). The van der Waals surface area contributed by atoms with Crippen molar-refractivity contribution in [1.82, 2.24) is 20.5 Å². The quantitative estimate of drug-likeness (QED) is 0.574. The maximum atomic E-state index is 13.5. The van der Waals surface area contributed by atoms with Crippen molar-refractivity contribution in [2.75, 3.05) is 19.8 Å². The Labute approximate surface area is 181 Å². The van der Waals surface area contributed by atoms with Crippen LogP contribution in [0.25, 0.3) is 0 Å². The molecular formula is C23H39N5O2. The molecule has 0 saturated heterocycles. The number of carbonyl (C=O) groups is 2. The first-order valence-electron chi connectivity index (χ1n) is 11.1. The number of aromatic nitrogens is 1. The Hall–Kier alpha value is -2.15. The van der Waals surface area contributed by atoms with Crippen molar-refractivity contribution in [2.24, 2.45) is 11.8 Å². The standard InChI is InChI=1S/C23H39N5O2/c1-16(2)28(5)23(3,22(30)25-4)19(13-17-9-7-6-8-10-17)21(29)27-15-18-11-12-20(24)26-14-18/h11-12,14,16-17,19H,6-10,13,15H2,1-5H3,(H2,24,26)(H,25,30)(H,27,29)/t19-,23?/m1/s1. The van der Waals surface area contributed by atoms with Crippen LogP contribution in [-0.4, -0.2) is 47.4 Å². The summed E-state index contributed by atoms with van der Waals surface area (Å²) in [6.45, 7) is 6.37. The molecule has 7 heteroatoms. The summed E-state index contributed by atoms with van der Waals surface area (Å²) in [5.41, 5.74) is 5.60. The zero-order valence-corrected chi connectivity index (χ0v) is 19.2. The van der Waals surface area contributed by atoms with Gasteiger partial charge in [0.2, 0.25) is 11.8 Å². The van der Waals surface area contributed by atoms with Gasteiger partial charge in [-0.3, -0.25) is 14.5 Å². The van der Waals surface area contributed by atoms with E-state index in [-0.39, 0.29) is 17.9 Å². The number of nitrogens with two attached hydrogens (primary N) is 1. The Morgan fingerprint density at radius 2 is 1.93 bits per heavy atom. The first-order valence-corrected chi connectivity index (χ1v) is 11.1. The topological polar surface area (TPSA) is 100 Å². The van der Waals surface area contributed by atoms with Crippen molar-refractivity contribution >= 4 is 17.6 Å². The number of nitrogens with zero attached hydrogens (tertiary/aromatic N) is 2. The summed E-state index contributed by atoms with van der Waals surface area (Å²) in [5.74, 6) is 0.262. The van der Waals surface area contributed by atoms with Gasteiger partial charge in [0.1, 0.15) is 11.4 Å². The number of pyridine rings is 1. The van der Waals surface area contributed by atoms with Crippen LogP contribution in [0, 0.1) is 11.8 Å². The van der Waals surface area contributed by atoms with Crippen LogP contribution in [0.5, 0.6) is 0 Å². The van der Waals surface area contributed by atoms with Crippen LogP contribution in [0.4, 0.5) is 5.82 Å². The second-order valence-corrected chi connectivity index (χ2v) is 9.03. The lowest BCUT2D eigenvalue weighted by Crippen LogP contribution is -2.64. The van der Waals surface area contributed by atoms with Crippen LogP contribution in [0.3, 0.4) is 0 Å². The summed E-state index contributed by atoms with van der Waals surface area (Å²) in [7, 11) is 3.58. The first kappa shape index (κ1) is 24.1. The first-order chi connectivity index (χ1) is 14.2. The molecule has 1 fully saturated rings. The highest BCUT2D eigenvalue weighted by Gasteiger charge is 2.49. The van der Waals surface area contributed by atoms with Gasteiger partial charge in [-0.1, -0.05) is 38.2 Å². The van der Waals surface area contributed by atoms with Gasteiger partial charge in [-0.25, -0.2) is 4.98 Å². The van der Waals surface area contributed by atoms with Gasteiger partial charge in [-0.15, -0.1) is 0 Å². The van der Waals surface area contributed by atoms with Crippen LogP contribution < -0.4 is 16.4 Å². The van der Waals surface area contributed by atoms with Crippen LogP contribution in [0.2, 0.25) is 0 Å². The molecule has 1 aromatic heterocycles. The molecule has 0 radical (unpaired) electrons. The third kappa shape index (κ3) is 5.72. The molecule has 2 atom stereocenters. The SMILES string of the molecule is CNC(=O)C(C)([C@H](CC1CCCCC1)C(=O)NCc1ccc(N)nc1)N(C)C(C)C. The molecule has 1 unspecified atom stereocenters. The minimum atomic E-state index is -0.941. The maximum Gasteiger partial charge on any atom is 0.240 e. The average molecular weight is 418 g/mol. The molecule has 7 nitrogen and oxygen atoms in total. The van der Waals surface area contributed by atoms with Crippen molar-refractivity contribution in [1.29, 1.82) is 0 Å². The largest absolute Gasteiger partial charge is 0.384 e. The number of hydrogen-bond donors (Lipinski definition) is 3. The molecule has 1 saturated carbocycles. The number of hydrogen-bond acceptors (Lipinski definition) is 5. The molecular weight excluding hydrogens is 378 g/mol. The Balaban J connectivity index is 2.29. The van der Waals surface area contributed by atoms with Gasteiger partial charge in [-0.05, 0) is 51.8 Å². The minimum Gasteiger partial charge on any atom is -0.384 e. The fourth-order valence-corrected chi connectivity index (χ4v) is 4.55. The predicted molar refractivity (Wildman–Crippen MR) is 121 cm³/mol. The highest BCUT2D eigenvalue weighted by Crippen LogP contribution is 2.36. The third-order valence-corrected chi connectivity index (χ3v) is 6.80. The number of nitrogens with one attached hydrogen (secondary N) is 2. The molecule has 0 bridgehead atoms. The van der Waals surface area contributed by atoms with Crippen molar-refractivity contribution in [2.45, 2.75) is 77.4 Å². The second-order valence-electron chi connectivity index (χ2n) is 9.03. The molecule has 4 N–H and O–H groups in total. The number of carbonyl (C=O) groups excluding carboxylic acids is 2. The van der Waals surface area contributed by atoms with Crippen molar-refractivity contribution in [3.8, 4) is 0 Å². The van der Waals surface area contributed by atoms with E-state index in [9.17, 15) is 9.59 Å². The van der Waals surface area contributed by atoms with Crippen LogP contribution in [0.15, 0.2) is 18.3 Å². The van der Waals surface area contributed by atoms with Crippen LogP contribution >= 0.6 is 0 Å². The Morgan fingerprint density at radius 3 is 2.47 bits per heavy atom. The van der Waals surface area contributed by atoms with E-state index in [2.05, 4.69) is 29.5 Å². The lowest BCUT2D eigenvalue weighted by atomic mass is 9.73. The summed E-state index contributed by atoms with van der Waals surface area (Å²) < 4.78 is 0. The van der Waals surface area contributed by atoms with Gasteiger partial charge in [0.05, 0.1) is 5.92 Å². The number of nitrogen functional groups attached to an aromatic ring is 1. The minimum absolute atomic E-state index is 0.0870. The summed E-state index contributed by atoms with van der Waals surface area (Å²) >= 11 is 0. The van der Waals surface area contributed by atoms with Gasteiger partial charge >= 0.3 is 0 Å². The van der Waals surface area contributed by atoms with E-state index in [0.29, 0.717) is 24.7 Å². The van der Waals surface area contributed by atoms with E-state index in [1.54, 1.807) is 19.3 Å².